The van der Waals surface area contributed by atoms with Crippen LogP contribution in [0.25, 0.3) is 12.2 Å². The van der Waals surface area contributed by atoms with Crippen LogP contribution in [0.15, 0.2) is 95.1 Å². The van der Waals surface area contributed by atoms with E-state index in [1.165, 1.54) is 25.7 Å². The van der Waals surface area contributed by atoms with Crippen LogP contribution in [0.5, 0.6) is 0 Å². The first-order chi connectivity index (χ1) is 31.2. The zero-order chi connectivity index (χ0) is 44.5. The van der Waals surface area contributed by atoms with Gasteiger partial charge in [0, 0.05) is 124 Å². The molecule has 10 rings (SSSR count). The van der Waals surface area contributed by atoms with Gasteiger partial charge in [0.25, 0.3) is 11.1 Å². The van der Waals surface area contributed by atoms with Gasteiger partial charge in [0.05, 0.1) is 23.9 Å². The molecular weight excluding hydrogens is 809 g/mol. The van der Waals surface area contributed by atoms with Crippen LogP contribution in [0.3, 0.4) is 0 Å². The maximum absolute atomic E-state index is 13.4. The number of carbonyl (C=O) groups is 2. The number of aliphatic hydroxyl groups excluding tert-OH is 2. The van der Waals surface area contributed by atoms with Crippen molar-refractivity contribution in [2.24, 2.45) is 35.5 Å². The summed E-state index contributed by atoms with van der Waals surface area (Å²) >= 11 is 0. The van der Waals surface area contributed by atoms with Gasteiger partial charge < -0.3 is 30.0 Å². The fraction of sp³-hybridized carbons (Fsp3) is 0.480. The third-order valence-electron chi connectivity index (χ3n) is 14.4. The Kier molecular flexibility index (Phi) is 12.9. The Morgan fingerprint density at radius 1 is 0.656 bits per heavy atom. The van der Waals surface area contributed by atoms with Crippen molar-refractivity contribution in [3.8, 4) is 0 Å². The Hall–Kier alpha value is -5.54. The molecule has 14 nitrogen and oxygen atoms in total. The summed E-state index contributed by atoms with van der Waals surface area (Å²) in [6, 6.07) is 14.8. The fourth-order valence-electron chi connectivity index (χ4n) is 10.9. The second kappa shape index (κ2) is 18.9. The molecule has 2 saturated carbocycles. The number of carbonyl (C=O) groups excluding carboxylic acids is 2. The van der Waals surface area contributed by atoms with Crippen LogP contribution in [0.1, 0.15) is 85.3 Å². The Morgan fingerprint density at radius 3 is 1.42 bits per heavy atom. The smallest absolute Gasteiger partial charge is 0.258 e. The zero-order valence-corrected chi connectivity index (χ0v) is 36.7. The first-order valence-electron chi connectivity index (χ1n) is 23.0. The molecule has 14 heteroatoms. The minimum Gasteiger partial charge on any atom is -0.396 e. The monoisotopic (exact) mass is 868 g/mol. The lowest BCUT2D eigenvalue weighted by Gasteiger charge is -2.38. The van der Waals surface area contributed by atoms with Crippen molar-refractivity contribution in [3.63, 3.8) is 0 Å². The number of fused-ring (bicyclic) bond motifs is 8. The summed E-state index contributed by atoms with van der Waals surface area (Å²) < 4.78 is 3.64. The fourth-order valence-corrected chi connectivity index (χ4v) is 10.9. The summed E-state index contributed by atoms with van der Waals surface area (Å²) in [4.78, 5) is 66.3. The molecule has 0 spiro atoms. The highest BCUT2D eigenvalue weighted by Crippen LogP contribution is 2.50. The first kappa shape index (κ1) is 43.7. The summed E-state index contributed by atoms with van der Waals surface area (Å²) in [5, 5.41) is 27.0. The molecule has 4 aromatic heterocycles. The van der Waals surface area contributed by atoms with Crippen LogP contribution in [0.2, 0.25) is 0 Å². The lowest BCUT2D eigenvalue weighted by atomic mass is 9.86. The van der Waals surface area contributed by atoms with E-state index in [4.69, 9.17) is 0 Å². The number of rotatable bonds is 14. The Bertz CT molecular complexity index is 2330. The first-order valence-corrected chi connectivity index (χ1v) is 23.0. The van der Waals surface area contributed by atoms with E-state index in [0.717, 1.165) is 22.5 Å². The predicted molar refractivity (Wildman–Crippen MR) is 243 cm³/mol. The SMILES string of the molecule is C/C=C/c1ccc2n(c1=O)C[C@@H]1[C@@H](CO)[C@H](C(=O)NCC3CC3)[C@H]2N1Cc1cccnc1.C/C=C\c1ccc2n(c1=O)C[C@@H]1[C@@H](CO)[C@H](C(=O)NCC3CC3)[C@H]2N1Cc1cccnc1. The molecule has 8 heterocycles. The van der Waals surface area contributed by atoms with Gasteiger partial charge in [-0.05, 0) is 98.9 Å². The Morgan fingerprint density at radius 2 is 1.08 bits per heavy atom. The number of nitrogens with zero attached hydrogens (tertiary/aromatic N) is 6. The molecule has 4 fully saturated rings. The Labute approximate surface area is 373 Å². The van der Waals surface area contributed by atoms with Crippen LogP contribution < -0.4 is 21.8 Å². The zero-order valence-electron chi connectivity index (χ0n) is 36.7. The summed E-state index contributed by atoms with van der Waals surface area (Å²) in [6.45, 7) is 7.18. The summed E-state index contributed by atoms with van der Waals surface area (Å²) in [7, 11) is 0. The van der Waals surface area contributed by atoms with E-state index in [9.17, 15) is 29.4 Å². The number of nitrogens with one attached hydrogen (secondary N) is 2. The van der Waals surface area contributed by atoms with E-state index in [2.05, 4.69) is 30.4 Å². The van der Waals surface area contributed by atoms with E-state index < -0.39 is 11.8 Å². The molecule has 4 N–H and O–H groups in total. The van der Waals surface area contributed by atoms with Crippen LogP contribution in [-0.2, 0) is 35.8 Å². The van der Waals surface area contributed by atoms with Crippen molar-refractivity contribution in [1.82, 2.24) is 39.5 Å². The van der Waals surface area contributed by atoms with Crippen molar-refractivity contribution in [2.45, 2.75) is 89.9 Å². The summed E-state index contributed by atoms with van der Waals surface area (Å²) in [6.07, 6.45) is 19.2. The number of amides is 2. The topological polar surface area (TPSA) is 175 Å². The largest absolute Gasteiger partial charge is 0.396 e. The number of pyridine rings is 4. The Balaban J connectivity index is 0.000000162. The molecule has 0 unspecified atom stereocenters. The second-order valence-corrected chi connectivity index (χ2v) is 18.5. The maximum atomic E-state index is 13.4. The highest BCUT2D eigenvalue weighted by atomic mass is 16.3. The second-order valence-electron chi connectivity index (χ2n) is 18.5. The van der Waals surface area contributed by atoms with Gasteiger partial charge in [0.2, 0.25) is 11.8 Å². The molecule has 2 saturated heterocycles. The minimum atomic E-state index is -0.402. The van der Waals surface area contributed by atoms with Gasteiger partial charge in [-0.15, -0.1) is 0 Å². The van der Waals surface area contributed by atoms with E-state index >= 15 is 0 Å². The number of hydrogen-bond acceptors (Lipinski definition) is 10. The molecule has 0 aromatic carbocycles. The highest BCUT2D eigenvalue weighted by molar-refractivity contribution is 5.81. The molecule has 64 heavy (non-hydrogen) atoms. The molecule has 4 aliphatic heterocycles. The molecule has 4 aromatic rings. The average Bonchev–Trinajstić information content (AvgIpc) is 4.26. The van der Waals surface area contributed by atoms with Gasteiger partial charge in [-0.3, -0.25) is 38.9 Å². The maximum Gasteiger partial charge on any atom is 0.258 e. The summed E-state index contributed by atoms with van der Waals surface area (Å²) in [5.41, 5.74) is 5.04. The van der Waals surface area contributed by atoms with Crippen LogP contribution in [0.4, 0.5) is 0 Å². The van der Waals surface area contributed by atoms with Gasteiger partial charge in [0.15, 0.2) is 0 Å². The quantitative estimate of drug-likeness (QED) is 0.146. The van der Waals surface area contributed by atoms with Crippen molar-refractivity contribution < 1.29 is 19.8 Å². The van der Waals surface area contributed by atoms with E-state index in [-0.39, 0.29) is 72.1 Å². The molecular formula is C50H60N8O6. The lowest BCUT2D eigenvalue weighted by Crippen LogP contribution is -2.46. The minimum absolute atomic E-state index is 0.0157. The highest BCUT2D eigenvalue weighted by Gasteiger charge is 2.57. The molecule has 6 aliphatic rings. The van der Waals surface area contributed by atoms with Gasteiger partial charge in [-0.25, -0.2) is 0 Å². The number of aliphatic hydroxyl groups is 2. The molecule has 8 atom stereocenters. The van der Waals surface area contributed by atoms with Gasteiger partial charge >= 0.3 is 0 Å². The van der Waals surface area contributed by atoms with E-state index in [1.54, 1.807) is 12.4 Å². The van der Waals surface area contributed by atoms with E-state index in [1.807, 2.05) is 108 Å². The summed E-state index contributed by atoms with van der Waals surface area (Å²) in [5.74, 6) is -0.145. The third-order valence-corrected chi connectivity index (χ3v) is 14.4. The molecule has 336 valence electrons. The molecule has 2 aliphatic carbocycles. The molecule has 0 radical (unpaired) electrons. The van der Waals surface area contributed by atoms with Crippen molar-refractivity contribution >= 4 is 24.0 Å². The molecule has 2 amide bonds. The number of allylic oxidation sites excluding steroid dienone is 2. The third kappa shape index (κ3) is 8.56. The van der Waals surface area contributed by atoms with Gasteiger partial charge in [-0.1, -0.05) is 36.4 Å². The lowest BCUT2D eigenvalue weighted by molar-refractivity contribution is -0.128. The van der Waals surface area contributed by atoms with Crippen molar-refractivity contribution in [3.05, 3.63) is 140 Å². The number of hydrogen-bond donors (Lipinski definition) is 4. The van der Waals surface area contributed by atoms with E-state index in [0.29, 0.717) is 62.2 Å². The van der Waals surface area contributed by atoms with Crippen LogP contribution in [-0.4, -0.2) is 89.3 Å². The predicted octanol–water partition coefficient (Wildman–Crippen LogP) is 3.93. The van der Waals surface area contributed by atoms with Gasteiger partial charge in [0.1, 0.15) is 0 Å². The normalized spacial score (nSPS) is 26.9. The van der Waals surface area contributed by atoms with Crippen LogP contribution >= 0.6 is 0 Å². The van der Waals surface area contributed by atoms with Gasteiger partial charge in [-0.2, -0.15) is 0 Å². The van der Waals surface area contributed by atoms with Crippen molar-refractivity contribution in [2.75, 3.05) is 26.3 Å². The molecule has 4 bridgehead atoms. The standard InChI is InChI=1S/2C25H30N4O3/c2*1-2-4-18-8-9-20-23-22(24(31)27-12-16-6-7-16)19(15-30)21(14-29(20)25(18)32)28(23)13-17-5-3-10-26-11-17/h2*2-5,8-11,16,19,21-23,30H,6-7,12-15H2,1H3,(H,27,31)/b4-2+;4-2-/t2*19-,21-,22+,23+/m11/s1. The van der Waals surface area contributed by atoms with Crippen molar-refractivity contribution in [1.29, 1.82) is 0 Å². The number of aromatic nitrogens is 4. The average molecular weight is 869 g/mol. The van der Waals surface area contributed by atoms with Crippen LogP contribution in [0, 0.1) is 35.5 Å².